The third-order valence-electron chi connectivity index (χ3n) is 6.73. The number of benzene rings is 2. The number of ketones is 1. The molecule has 2 aromatic carbocycles. The Morgan fingerprint density at radius 3 is 2.27 bits per heavy atom. The van der Waals surface area contributed by atoms with Crippen molar-refractivity contribution in [3.8, 4) is 5.75 Å². The van der Waals surface area contributed by atoms with Gasteiger partial charge in [-0.2, -0.15) is 0 Å². The zero-order valence-corrected chi connectivity index (χ0v) is 25.1. The van der Waals surface area contributed by atoms with Crippen molar-refractivity contribution in [1.29, 1.82) is 5.41 Å². The largest absolute Gasteiger partial charge is 0.494 e. The Bertz CT molecular complexity index is 1200. The second kappa shape index (κ2) is 11.5. The molecule has 1 aliphatic heterocycles. The van der Waals surface area contributed by atoms with Crippen LogP contribution >= 0.6 is 17.0 Å². The van der Waals surface area contributed by atoms with Crippen LogP contribution in [0.25, 0.3) is 0 Å². The maximum atomic E-state index is 13.6. The van der Waals surface area contributed by atoms with Crippen molar-refractivity contribution in [1.82, 2.24) is 10.2 Å². The van der Waals surface area contributed by atoms with E-state index >= 15 is 0 Å². The predicted octanol–water partition coefficient (Wildman–Crippen LogP) is 4.48. The summed E-state index contributed by atoms with van der Waals surface area (Å²) in [7, 11) is 9.01. The monoisotopic (exact) mass is 573 g/mol. The molecule has 0 bridgehead atoms. The fourth-order valence-corrected chi connectivity index (χ4v) is 4.52. The first-order chi connectivity index (χ1) is 16.8. The van der Waals surface area contributed by atoms with Gasteiger partial charge in [-0.25, -0.2) is 0 Å². The van der Waals surface area contributed by atoms with Gasteiger partial charge in [-0.15, -0.1) is 17.0 Å². The first-order valence-electron chi connectivity index (χ1n) is 12.2. The van der Waals surface area contributed by atoms with E-state index in [2.05, 4.69) is 37.9 Å². The van der Waals surface area contributed by atoms with Gasteiger partial charge in [0.2, 0.25) is 0 Å². The summed E-state index contributed by atoms with van der Waals surface area (Å²) in [6.45, 7) is 9.66. The Morgan fingerprint density at radius 2 is 1.76 bits per heavy atom. The fourth-order valence-electron chi connectivity index (χ4n) is 4.52. The van der Waals surface area contributed by atoms with Crippen LogP contribution in [0.1, 0.15) is 65.1 Å². The van der Waals surface area contributed by atoms with Gasteiger partial charge in [-0.1, -0.05) is 20.8 Å². The summed E-state index contributed by atoms with van der Waals surface area (Å²) in [5.74, 6) is 0.766. The zero-order valence-electron chi connectivity index (χ0n) is 23.4. The number of carbonyl (C=O) groups is 2. The molecule has 1 heterocycles. The molecule has 3 rings (SSSR count). The average molecular weight is 575 g/mol. The smallest absolute Gasteiger partial charge is 0.253 e. The minimum absolute atomic E-state index is 0. The van der Waals surface area contributed by atoms with E-state index in [0.29, 0.717) is 23.2 Å². The van der Waals surface area contributed by atoms with Gasteiger partial charge in [0.25, 0.3) is 5.91 Å². The lowest BCUT2D eigenvalue weighted by Gasteiger charge is -2.28. The first kappa shape index (κ1) is 30.2. The Morgan fingerprint density at radius 1 is 1.11 bits per heavy atom. The second-order valence-corrected chi connectivity index (χ2v) is 10.5. The maximum Gasteiger partial charge on any atom is 0.253 e. The van der Waals surface area contributed by atoms with E-state index in [0.717, 1.165) is 34.8 Å². The molecule has 1 amide bonds. The number of methoxy groups -OCH3 is 1. The SMILES string of the molecule is Br.CCN(C)c1cc(C(=O)CN2Cc3cc(N(C)C)c(C(=O)NC)cc3C2=N)cc(C(C)(C)C)c1OC. The summed E-state index contributed by atoms with van der Waals surface area (Å²) in [6.07, 6.45) is 0. The van der Waals surface area contributed by atoms with Crippen LogP contribution < -0.4 is 19.9 Å². The van der Waals surface area contributed by atoms with E-state index in [1.807, 2.05) is 44.2 Å². The molecule has 0 saturated carbocycles. The summed E-state index contributed by atoms with van der Waals surface area (Å²) >= 11 is 0. The van der Waals surface area contributed by atoms with E-state index in [4.69, 9.17) is 10.1 Å². The van der Waals surface area contributed by atoms with Crippen molar-refractivity contribution in [2.45, 2.75) is 39.7 Å². The highest BCUT2D eigenvalue weighted by Crippen LogP contribution is 2.40. The topological polar surface area (TPSA) is 89.0 Å². The van der Waals surface area contributed by atoms with E-state index in [9.17, 15) is 9.59 Å². The Kier molecular flexibility index (Phi) is 9.41. The number of fused-ring (bicyclic) bond motifs is 1. The van der Waals surface area contributed by atoms with Gasteiger partial charge in [0.05, 0.1) is 24.9 Å². The molecule has 0 aromatic heterocycles. The molecule has 0 unspecified atom stereocenters. The number of anilines is 2. The van der Waals surface area contributed by atoms with Crippen LogP contribution in [0.15, 0.2) is 24.3 Å². The molecule has 0 atom stereocenters. The van der Waals surface area contributed by atoms with Gasteiger partial charge < -0.3 is 24.8 Å². The van der Waals surface area contributed by atoms with Crippen molar-refractivity contribution in [2.75, 3.05) is 58.2 Å². The molecule has 0 fully saturated rings. The molecular formula is C28H40BrN5O3. The standard InChI is InChI=1S/C28H39N5O3.BrH/c1-10-32(8)23-12-17(11-21(25(23)36-9)28(2,3)4)24(34)16-33-15-18-13-22(31(6)7)20(27(35)30-5)14-19(18)26(33)29;/h11-14,29H,10,15-16H2,1-9H3,(H,30,35);1H. The third kappa shape index (κ3) is 5.92. The lowest BCUT2D eigenvalue weighted by molar-refractivity contribution is 0.0955. The van der Waals surface area contributed by atoms with Gasteiger partial charge in [0, 0.05) is 63.7 Å². The van der Waals surface area contributed by atoms with Gasteiger partial charge in [0.15, 0.2) is 5.78 Å². The number of hydrogen-bond acceptors (Lipinski definition) is 6. The summed E-state index contributed by atoms with van der Waals surface area (Å²) in [4.78, 5) is 31.8. The number of amidine groups is 1. The highest BCUT2D eigenvalue weighted by Gasteiger charge is 2.30. The van der Waals surface area contributed by atoms with Gasteiger partial charge in [-0.05, 0) is 42.2 Å². The first-order valence-corrected chi connectivity index (χ1v) is 12.2. The minimum atomic E-state index is -0.222. The molecule has 202 valence electrons. The molecule has 0 saturated heterocycles. The van der Waals surface area contributed by atoms with Gasteiger partial charge >= 0.3 is 0 Å². The number of halogens is 1. The van der Waals surface area contributed by atoms with Crippen molar-refractivity contribution >= 4 is 45.9 Å². The van der Waals surface area contributed by atoms with Gasteiger partial charge in [0.1, 0.15) is 11.6 Å². The molecule has 0 spiro atoms. The van der Waals surface area contributed by atoms with Crippen LogP contribution in [-0.4, -0.2) is 70.8 Å². The normalized spacial score (nSPS) is 12.6. The summed E-state index contributed by atoms with van der Waals surface area (Å²) in [5, 5.41) is 11.4. The number of rotatable bonds is 8. The highest BCUT2D eigenvalue weighted by atomic mass is 79.9. The van der Waals surface area contributed by atoms with Crippen molar-refractivity contribution in [2.24, 2.45) is 0 Å². The zero-order chi connectivity index (χ0) is 26.9. The molecule has 8 nitrogen and oxygen atoms in total. The van der Waals surface area contributed by atoms with Crippen molar-refractivity contribution < 1.29 is 14.3 Å². The quantitative estimate of drug-likeness (QED) is 0.453. The average Bonchev–Trinajstić information content (AvgIpc) is 3.14. The Labute approximate surface area is 231 Å². The number of amides is 1. The molecule has 0 aliphatic carbocycles. The third-order valence-corrected chi connectivity index (χ3v) is 6.73. The Hall–Kier alpha value is -3.07. The number of carbonyl (C=O) groups excluding carboxylic acids is 2. The summed E-state index contributed by atoms with van der Waals surface area (Å²) in [6, 6.07) is 7.52. The number of ether oxygens (including phenoxy) is 1. The molecule has 0 radical (unpaired) electrons. The van der Waals surface area contributed by atoms with Crippen LogP contribution in [0.5, 0.6) is 5.75 Å². The summed E-state index contributed by atoms with van der Waals surface area (Å²) in [5.41, 5.74) is 5.13. The van der Waals surface area contributed by atoms with Crippen LogP contribution in [0.3, 0.4) is 0 Å². The second-order valence-electron chi connectivity index (χ2n) is 10.5. The van der Waals surface area contributed by atoms with Gasteiger partial charge in [-0.3, -0.25) is 15.0 Å². The molecular weight excluding hydrogens is 534 g/mol. The van der Waals surface area contributed by atoms with Crippen LogP contribution in [0, 0.1) is 5.41 Å². The maximum absolute atomic E-state index is 13.6. The molecule has 37 heavy (non-hydrogen) atoms. The molecule has 9 heteroatoms. The Balaban J connectivity index is 0.00000481. The minimum Gasteiger partial charge on any atom is -0.494 e. The summed E-state index contributed by atoms with van der Waals surface area (Å²) < 4.78 is 5.79. The van der Waals surface area contributed by atoms with Crippen molar-refractivity contribution in [3.63, 3.8) is 0 Å². The van der Waals surface area contributed by atoms with Crippen molar-refractivity contribution in [3.05, 3.63) is 52.1 Å². The lowest BCUT2D eigenvalue weighted by Crippen LogP contribution is -2.31. The molecule has 1 aliphatic rings. The highest BCUT2D eigenvalue weighted by molar-refractivity contribution is 8.93. The van der Waals surface area contributed by atoms with Crippen LogP contribution in [-0.2, 0) is 12.0 Å². The fraction of sp³-hybridized carbons (Fsp3) is 0.464. The number of Topliss-reactive ketones (excluding diaryl/α,β-unsaturated/α-hetero) is 1. The molecule has 2 aromatic rings. The van der Waals surface area contributed by atoms with Crippen LogP contribution in [0.2, 0.25) is 0 Å². The van der Waals surface area contributed by atoms with Crippen LogP contribution in [0.4, 0.5) is 11.4 Å². The van der Waals surface area contributed by atoms with E-state index in [-0.39, 0.29) is 46.5 Å². The number of nitrogens with one attached hydrogen (secondary N) is 2. The lowest BCUT2D eigenvalue weighted by atomic mass is 9.84. The van der Waals surface area contributed by atoms with E-state index in [1.54, 1.807) is 25.1 Å². The van der Waals surface area contributed by atoms with E-state index < -0.39 is 0 Å². The molecule has 2 N–H and O–H groups in total. The number of hydrogen-bond donors (Lipinski definition) is 2. The van der Waals surface area contributed by atoms with E-state index in [1.165, 1.54) is 0 Å². The number of nitrogens with zero attached hydrogens (tertiary/aromatic N) is 3. The predicted molar refractivity (Wildman–Crippen MR) is 157 cm³/mol.